The second kappa shape index (κ2) is 35.2. The summed E-state index contributed by atoms with van der Waals surface area (Å²) in [6.45, 7) is -4.32. The number of ether oxygens (including phenoxy) is 14. The molecular formula is C52H90N2O42S. The summed E-state index contributed by atoms with van der Waals surface area (Å²) in [5.74, 6) is -2.09. The lowest BCUT2D eigenvalue weighted by atomic mass is 9.93. The van der Waals surface area contributed by atoms with Crippen molar-refractivity contribution in [2.45, 2.75) is 267 Å². The van der Waals surface area contributed by atoms with E-state index in [2.05, 4.69) is 10.6 Å². The summed E-state index contributed by atoms with van der Waals surface area (Å²) in [5, 5.41) is 244. The zero-order valence-electron chi connectivity index (χ0n) is 51.9. The number of carbonyl (C=O) groups excluding carboxylic acids is 2. The van der Waals surface area contributed by atoms with Crippen LogP contribution in [-0.2, 0) is 90.5 Å². The summed E-state index contributed by atoms with van der Waals surface area (Å²) in [7, 11) is -5.62. The van der Waals surface area contributed by atoms with Gasteiger partial charge in [-0.15, -0.1) is 0 Å². The highest BCUT2D eigenvalue weighted by Gasteiger charge is 2.61. The van der Waals surface area contributed by atoms with Crippen molar-refractivity contribution < 1.29 is 205 Å². The summed E-state index contributed by atoms with van der Waals surface area (Å²) in [6.07, 6.45) is -78.5. The Morgan fingerprint density at radius 3 is 1.12 bits per heavy atom. The maximum absolute atomic E-state index is 13.4. The number of amides is 2. The minimum absolute atomic E-state index is 0.858. The van der Waals surface area contributed by atoms with E-state index in [9.17, 15) is 135 Å². The van der Waals surface area contributed by atoms with Crippen LogP contribution in [0.1, 0.15) is 27.7 Å². The second-order valence-electron chi connectivity index (χ2n) is 24.1. The lowest BCUT2D eigenvalue weighted by Gasteiger charge is -2.52. The zero-order valence-corrected chi connectivity index (χ0v) is 52.7. The van der Waals surface area contributed by atoms with Crippen molar-refractivity contribution in [2.75, 3.05) is 46.2 Å². The molecule has 7 saturated heterocycles. The minimum atomic E-state index is -5.62. The van der Waals surface area contributed by atoms with Crippen molar-refractivity contribution in [3.63, 3.8) is 0 Å². The third-order valence-corrected chi connectivity index (χ3v) is 17.7. The predicted molar refractivity (Wildman–Crippen MR) is 297 cm³/mol. The van der Waals surface area contributed by atoms with Crippen molar-refractivity contribution >= 4 is 22.2 Å². The highest BCUT2D eigenvalue weighted by Crippen LogP contribution is 2.40. The fourth-order valence-electron chi connectivity index (χ4n) is 11.9. The number of rotatable bonds is 28. The number of hydrogen-bond acceptors (Lipinski definition) is 41. The molecule has 45 heteroatoms. The van der Waals surface area contributed by atoms with Gasteiger partial charge in [-0.05, 0) is 13.8 Å². The van der Waals surface area contributed by atoms with Crippen LogP contribution in [0.2, 0.25) is 0 Å². The molecule has 0 bridgehead atoms. The first kappa shape index (κ1) is 81.7. The number of hydrogen-bond donors (Lipinski definition) is 25. The van der Waals surface area contributed by atoms with Crippen molar-refractivity contribution in [1.29, 1.82) is 0 Å². The molecule has 0 spiro atoms. The van der Waals surface area contributed by atoms with Gasteiger partial charge in [-0.25, -0.2) is 4.18 Å². The molecule has 0 aliphatic carbocycles. The molecule has 566 valence electrons. The van der Waals surface area contributed by atoms with E-state index >= 15 is 0 Å². The molecule has 97 heavy (non-hydrogen) atoms. The predicted octanol–water partition coefficient (Wildman–Crippen LogP) is -16.6. The fraction of sp³-hybridized carbons (Fsp3) is 0.962. The number of nitrogens with one attached hydrogen (secondary N) is 2. The first-order chi connectivity index (χ1) is 45.6. The van der Waals surface area contributed by atoms with Gasteiger partial charge in [0.05, 0.1) is 58.5 Å². The van der Waals surface area contributed by atoms with Crippen molar-refractivity contribution in [3.8, 4) is 0 Å². The van der Waals surface area contributed by atoms with Gasteiger partial charge in [0.25, 0.3) is 0 Å². The Bertz CT molecular complexity index is 2560. The largest absolute Gasteiger partial charge is 0.397 e. The molecule has 7 fully saturated rings. The van der Waals surface area contributed by atoms with Crippen LogP contribution in [0, 0.1) is 0 Å². The number of aliphatic hydroxyl groups excluding tert-OH is 22. The Morgan fingerprint density at radius 1 is 0.392 bits per heavy atom. The van der Waals surface area contributed by atoms with Gasteiger partial charge in [0, 0.05) is 13.8 Å². The van der Waals surface area contributed by atoms with E-state index in [0.717, 1.165) is 13.8 Å². The molecule has 0 saturated carbocycles. The molecule has 39 atom stereocenters. The van der Waals surface area contributed by atoms with E-state index in [1.807, 2.05) is 0 Å². The Labute approximate surface area is 550 Å². The lowest BCUT2D eigenvalue weighted by molar-refractivity contribution is -0.398. The highest BCUT2D eigenvalue weighted by molar-refractivity contribution is 7.80. The Hall–Kier alpha value is -2.63. The standard InChI is InChI=1S/C52H90N2O42S/c1-12-25(65)31(71)34(74)48(83-12)91-40-21(10-60)88-46(23(53-14(3)61)42(40)94-50-36(76)33(73)28(68)18(7-57)85-50)95-45-30(70)20(9-59)87-52(38(45)78)92-41-22(11-82-97(79,80)81)89-47(24(54-15(4)62)43(41)93-49-35(75)32(72)26(66)13(2)84-49)96-44-29(69)19(8-58)86-51(37(44)77)90-39(17(64)6-56)27(67)16(63)5-55/h12-13,16-52,55-60,63-78H,5-11H2,1-4H3,(H,53,61)(H,54,62)(H,79,80,81)/t12-,13-,16-,17+,18+,19+,20+,21+,22+,23+,24+,25+,26+,27+,28-,29-,30-,31+,32+,33-,34-,35-,36+,37+,38+,39+,40+,41+,42+,43+,44-,45-,46-,47-,48-,49-,50-,51-,52-/m0/s1. The van der Waals surface area contributed by atoms with Crippen LogP contribution in [0.15, 0.2) is 0 Å². The smallest absolute Gasteiger partial charge is 0.394 e. The quantitative estimate of drug-likeness (QED) is 0.0324. The van der Waals surface area contributed by atoms with Gasteiger partial charge in [-0.1, -0.05) is 0 Å². The van der Waals surface area contributed by atoms with Crippen LogP contribution in [0.25, 0.3) is 0 Å². The molecule has 0 radical (unpaired) electrons. The molecule has 0 aromatic rings. The average molecular weight is 1450 g/mol. The van der Waals surface area contributed by atoms with Crippen molar-refractivity contribution in [3.05, 3.63) is 0 Å². The van der Waals surface area contributed by atoms with E-state index in [1.54, 1.807) is 0 Å². The molecule has 7 aliphatic rings. The molecule has 44 nitrogen and oxygen atoms in total. The monoisotopic (exact) mass is 1450 g/mol. The van der Waals surface area contributed by atoms with Crippen LogP contribution in [0.4, 0.5) is 0 Å². The fourth-order valence-corrected chi connectivity index (χ4v) is 12.2. The maximum atomic E-state index is 13.4. The van der Waals surface area contributed by atoms with Gasteiger partial charge in [0.15, 0.2) is 44.0 Å². The van der Waals surface area contributed by atoms with Gasteiger partial charge < -0.3 is 189 Å². The molecule has 2 amide bonds. The van der Waals surface area contributed by atoms with Gasteiger partial charge in [0.1, 0.15) is 183 Å². The molecular weight excluding hydrogens is 1360 g/mol. The van der Waals surface area contributed by atoms with Gasteiger partial charge in [0.2, 0.25) is 11.8 Å². The minimum Gasteiger partial charge on any atom is -0.394 e. The van der Waals surface area contributed by atoms with Gasteiger partial charge in [-0.2, -0.15) is 8.42 Å². The topological polar surface area (TPSA) is 696 Å². The van der Waals surface area contributed by atoms with E-state index in [1.165, 1.54) is 13.8 Å². The van der Waals surface area contributed by atoms with Crippen LogP contribution < -0.4 is 10.6 Å². The number of carbonyl (C=O) groups is 2. The summed E-state index contributed by atoms with van der Waals surface area (Å²) in [6, 6.07) is -4.18. The van der Waals surface area contributed by atoms with Crippen LogP contribution in [0.3, 0.4) is 0 Å². The van der Waals surface area contributed by atoms with E-state index < -0.39 is 308 Å². The first-order valence-electron chi connectivity index (χ1n) is 30.4. The summed E-state index contributed by atoms with van der Waals surface area (Å²) in [5.41, 5.74) is 0. The van der Waals surface area contributed by atoms with Crippen LogP contribution in [-0.4, -0.2) is 423 Å². The third kappa shape index (κ3) is 18.8. The Morgan fingerprint density at radius 2 is 0.722 bits per heavy atom. The van der Waals surface area contributed by atoms with Gasteiger partial charge in [-0.3, -0.25) is 14.1 Å². The van der Waals surface area contributed by atoms with Crippen molar-refractivity contribution in [2.24, 2.45) is 0 Å². The number of aliphatic hydroxyl groups is 22. The first-order valence-corrected chi connectivity index (χ1v) is 31.8. The van der Waals surface area contributed by atoms with Crippen LogP contribution in [0.5, 0.6) is 0 Å². The normalized spacial score (nSPS) is 46.7. The lowest BCUT2D eigenvalue weighted by Crippen LogP contribution is -2.72. The second-order valence-corrected chi connectivity index (χ2v) is 25.2. The SMILES string of the molecule is CC(=O)N[C@H]1[C@H](O[C@H]2[C@@H](O)[C@@H](CO)O[C@@H](O[C@H]3[C@H](O[C@@H]4O[C@@H](C)[C@@H](O)[C@@H](O)[C@@H]4O)[C@@H](NC(C)=O)[C@H](O[C@H]4[C@@H](O)[C@@H](CO)O[C@@H](O[C@@H]([C@H](O)[C@@H](O)CO)[C@H](O)CO)[C@@H]4O)O[C@@H]3COS(=O)(=O)O)[C@@H]2O)O[C@H](CO)[C@@H](O[C@@H]2O[C@@H](C)[C@@H](O)[C@@H](O)[C@@H]2O)[C@@H]1O[C@@H]1O[C@H](CO)[C@H](O)[C@H](O)[C@H]1O. The summed E-state index contributed by atoms with van der Waals surface area (Å²) < 4.78 is 123. The Kier molecular flexibility index (Phi) is 29.7. The van der Waals surface area contributed by atoms with E-state index in [0.29, 0.717) is 0 Å². The molecule has 0 aromatic carbocycles. The summed E-state index contributed by atoms with van der Waals surface area (Å²) in [4.78, 5) is 26.7. The average Bonchev–Trinajstić information content (AvgIpc) is 0.762. The van der Waals surface area contributed by atoms with Gasteiger partial charge >= 0.3 is 10.4 Å². The van der Waals surface area contributed by atoms with Crippen LogP contribution >= 0.6 is 0 Å². The van der Waals surface area contributed by atoms with E-state index in [-0.39, 0.29) is 0 Å². The molecule has 7 aliphatic heterocycles. The molecule has 25 N–H and O–H groups in total. The molecule has 0 aromatic heterocycles. The maximum Gasteiger partial charge on any atom is 0.397 e. The molecule has 7 heterocycles. The Balaban J connectivity index is 1.30. The molecule has 7 rings (SSSR count). The highest BCUT2D eigenvalue weighted by atomic mass is 32.3. The van der Waals surface area contributed by atoms with Crippen molar-refractivity contribution in [1.82, 2.24) is 10.6 Å². The molecule has 0 unspecified atom stereocenters. The summed E-state index contributed by atoms with van der Waals surface area (Å²) >= 11 is 0. The van der Waals surface area contributed by atoms with E-state index in [4.69, 9.17) is 70.5 Å². The zero-order chi connectivity index (χ0) is 72.1. The third-order valence-electron chi connectivity index (χ3n) is 17.2.